The number of nitrogens with one attached hydrogen (secondary N) is 1. The lowest BCUT2D eigenvalue weighted by atomic mass is 10.2. The number of anilines is 1. The third-order valence-electron chi connectivity index (χ3n) is 2.07. The van der Waals surface area contributed by atoms with Gasteiger partial charge in [-0.05, 0) is 18.6 Å². The first kappa shape index (κ1) is 11.2. The molecule has 80 valence electrons. The van der Waals surface area contributed by atoms with Gasteiger partial charge in [-0.15, -0.1) is 0 Å². The van der Waals surface area contributed by atoms with Crippen LogP contribution in [0.5, 0.6) is 11.5 Å². The van der Waals surface area contributed by atoms with E-state index in [-0.39, 0.29) is 6.54 Å². The number of nitrogens with zero attached hydrogens (tertiary/aromatic N) is 1. The van der Waals surface area contributed by atoms with E-state index in [0.29, 0.717) is 5.75 Å². The fraction of sp³-hybridized carbons (Fsp3) is 0.364. The Hall–Kier alpha value is -1.89. The summed E-state index contributed by atoms with van der Waals surface area (Å²) in [4.78, 5) is 0. The molecule has 0 aromatic heterocycles. The van der Waals surface area contributed by atoms with Crippen molar-refractivity contribution in [3.63, 3.8) is 0 Å². The van der Waals surface area contributed by atoms with Crippen molar-refractivity contribution in [1.29, 1.82) is 5.26 Å². The summed E-state index contributed by atoms with van der Waals surface area (Å²) in [6, 6.07) is 5.71. The first-order chi connectivity index (χ1) is 7.22. The van der Waals surface area contributed by atoms with Gasteiger partial charge in [0.1, 0.15) is 18.0 Å². The van der Waals surface area contributed by atoms with Crippen LogP contribution in [0.15, 0.2) is 12.1 Å². The van der Waals surface area contributed by atoms with Gasteiger partial charge in [-0.2, -0.15) is 5.26 Å². The zero-order chi connectivity index (χ0) is 11.3. The minimum Gasteiger partial charge on any atom is -0.496 e. The zero-order valence-electron chi connectivity index (χ0n) is 9.13. The van der Waals surface area contributed by atoms with Gasteiger partial charge in [0.15, 0.2) is 0 Å². The van der Waals surface area contributed by atoms with E-state index in [1.165, 1.54) is 0 Å². The molecule has 15 heavy (non-hydrogen) atoms. The third kappa shape index (κ3) is 2.53. The van der Waals surface area contributed by atoms with Crippen molar-refractivity contribution in [3.8, 4) is 17.6 Å². The lowest BCUT2D eigenvalue weighted by Crippen LogP contribution is -2.02. The van der Waals surface area contributed by atoms with Gasteiger partial charge in [0, 0.05) is 6.07 Å². The van der Waals surface area contributed by atoms with Crippen molar-refractivity contribution in [2.75, 3.05) is 26.1 Å². The van der Waals surface area contributed by atoms with Gasteiger partial charge in [0.05, 0.1) is 26.0 Å². The van der Waals surface area contributed by atoms with E-state index < -0.39 is 0 Å². The summed E-state index contributed by atoms with van der Waals surface area (Å²) in [5.74, 6) is 1.49. The van der Waals surface area contributed by atoms with Gasteiger partial charge in [-0.25, -0.2) is 0 Å². The Kier molecular flexibility index (Phi) is 3.81. The number of aryl methyl sites for hydroxylation is 1. The largest absolute Gasteiger partial charge is 0.496 e. The van der Waals surface area contributed by atoms with Crippen LogP contribution < -0.4 is 14.8 Å². The van der Waals surface area contributed by atoms with Crippen LogP contribution >= 0.6 is 0 Å². The van der Waals surface area contributed by atoms with E-state index in [9.17, 15) is 0 Å². The predicted octanol–water partition coefficient (Wildman–Crippen LogP) is 1.95. The van der Waals surface area contributed by atoms with Crippen molar-refractivity contribution >= 4 is 5.69 Å². The Morgan fingerprint density at radius 3 is 2.47 bits per heavy atom. The third-order valence-corrected chi connectivity index (χ3v) is 2.07. The van der Waals surface area contributed by atoms with E-state index in [1.807, 2.05) is 25.1 Å². The molecule has 0 aliphatic carbocycles. The highest BCUT2D eigenvalue weighted by Gasteiger charge is 2.07. The Balaban J connectivity index is 3.06. The molecule has 1 aromatic carbocycles. The molecule has 4 nitrogen and oxygen atoms in total. The highest BCUT2D eigenvalue weighted by atomic mass is 16.5. The maximum absolute atomic E-state index is 8.49. The van der Waals surface area contributed by atoms with Crippen LogP contribution in [0.3, 0.4) is 0 Å². The molecule has 0 aliphatic heterocycles. The molecule has 4 heteroatoms. The lowest BCUT2D eigenvalue weighted by Gasteiger charge is -2.12. The second-order valence-electron chi connectivity index (χ2n) is 3.03. The number of hydrogen-bond acceptors (Lipinski definition) is 4. The molecule has 1 N–H and O–H groups in total. The number of methoxy groups -OCH3 is 2. The maximum atomic E-state index is 8.49. The maximum Gasteiger partial charge on any atom is 0.142 e. The van der Waals surface area contributed by atoms with Crippen molar-refractivity contribution in [2.45, 2.75) is 6.92 Å². The van der Waals surface area contributed by atoms with Crippen molar-refractivity contribution in [1.82, 2.24) is 0 Å². The fourth-order valence-corrected chi connectivity index (χ4v) is 1.32. The van der Waals surface area contributed by atoms with Crippen LogP contribution in [0.25, 0.3) is 0 Å². The van der Waals surface area contributed by atoms with E-state index in [0.717, 1.165) is 17.0 Å². The van der Waals surface area contributed by atoms with Crippen molar-refractivity contribution in [3.05, 3.63) is 17.7 Å². The summed E-state index contributed by atoms with van der Waals surface area (Å²) in [5.41, 5.74) is 1.76. The molecule has 0 heterocycles. The van der Waals surface area contributed by atoms with Gasteiger partial charge in [0.2, 0.25) is 0 Å². The summed E-state index contributed by atoms with van der Waals surface area (Å²) >= 11 is 0. The summed E-state index contributed by atoms with van der Waals surface area (Å²) in [6.07, 6.45) is 0. The van der Waals surface area contributed by atoms with Crippen LogP contribution in [0, 0.1) is 18.3 Å². The number of nitriles is 1. The molecule has 1 rings (SSSR count). The van der Waals surface area contributed by atoms with Crippen LogP contribution in [0.1, 0.15) is 5.56 Å². The molecule has 0 unspecified atom stereocenters. The normalized spacial score (nSPS) is 9.20. The standard InChI is InChI=1S/C11H14N2O2/c1-8-6-11(15-3)9(13-5-4-12)7-10(8)14-2/h6-7,13H,5H2,1-3H3. The topological polar surface area (TPSA) is 54.3 Å². The second kappa shape index (κ2) is 5.11. The molecule has 0 radical (unpaired) electrons. The van der Waals surface area contributed by atoms with Crippen LogP contribution in [0.4, 0.5) is 5.69 Å². The van der Waals surface area contributed by atoms with Gasteiger partial charge in [-0.1, -0.05) is 0 Å². The van der Waals surface area contributed by atoms with Gasteiger partial charge < -0.3 is 14.8 Å². The highest BCUT2D eigenvalue weighted by Crippen LogP contribution is 2.32. The van der Waals surface area contributed by atoms with E-state index in [2.05, 4.69) is 5.32 Å². The summed E-state index contributed by atoms with van der Waals surface area (Å²) < 4.78 is 10.4. The van der Waals surface area contributed by atoms with Gasteiger partial charge in [-0.3, -0.25) is 0 Å². The molecular formula is C11H14N2O2. The molecule has 1 aromatic rings. The van der Waals surface area contributed by atoms with Crippen molar-refractivity contribution < 1.29 is 9.47 Å². The average molecular weight is 206 g/mol. The van der Waals surface area contributed by atoms with Crippen molar-refractivity contribution in [2.24, 2.45) is 0 Å². The molecule has 0 atom stereocenters. The molecule has 0 bridgehead atoms. The minimum absolute atomic E-state index is 0.239. The fourth-order valence-electron chi connectivity index (χ4n) is 1.32. The average Bonchev–Trinajstić information content (AvgIpc) is 2.26. The van der Waals surface area contributed by atoms with E-state index in [4.69, 9.17) is 14.7 Å². The monoisotopic (exact) mass is 206 g/mol. The van der Waals surface area contributed by atoms with Gasteiger partial charge in [0.25, 0.3) is 0 Å². The van der Waals surface area contributed by atoms with Crippen LogP contribution in [-0.2, 0) is 0 Å². The number of rotatable bonds is 4. The first-order valence-electron chi connectivity index (χ1n) is 4.56. The summed E-state index contributed by atoms with van der Waals surface area (Å²) in [5, 5.41) is 11.4. The van der Waals surface area contributed by atoms with Crippen LogP contribution in [0.2, 0.25) is 0 Å². The number of benzene rings is 1. The Morgan fingerprint density at radius 2 is 1.93 bits per heavy atom. The highest BCUT2D eigenvalue weighted by molar-refractivity contribution is 5.62. The summed E-state index contributed by atoms with van der Waals surface area (Å²) in [7, 11) is 3.21. The molecule has 0 aliphatic rings. The molecule has 0 saturated heterocycles. The molecular weight excluding hydrogens is 192 g/mol. The Bertz CT molecular complexity index is 383. The predicted molar refractivity (Wildman–Crippen MR) is 58.4 cm³/mol. The summed E-state index contributed by atoms with van der Waals surface area (Å²) in [6.45, 7) is 2.18. The molecule has 0 saturated carbocycles. The zero-order valence-corrected chi connectivity index (χ0v) is 9.13. The number of ether oxygens (including phenoxy) is 2. The quantitative estimate of drug-likeness (QED) is 0.765. The van der Waals surface area contributed by atoms with Crippen LogP contribution in [-0.4, -0.2) is 20.8 Å². The molecule has 0 fully saturated rings. The smallest absolute Gasteiger partial charge is 0.142 e. The minimum atomic E-state index is 0.239. The van der Waals surface area contributed by atoms with E-state index >= 15 is 0 Å². The number of hydrogen-bond donors (Lipinski definition) is 1. The lowest BCUT2D eigenvalue weighted by molar-refractivity contribution is 0.402. The van der Waals surface area contributed by atoms with E-state index in [1.54, 1.807) is 14.2 Å². The second-order valence-corrected chi connectivity index (χ2v) is 3.03. The SMILES string of the molecule is COc1cc(NCC#N)c(OC)cc1C. The molecule has 0 amide bonds. The van der Waals surface area contributed by atoms with Gasteiger partial charge >= 0.3 is 0 Å². The Morgan fingerprint density at radius 1 is 1.27 bits per heavy atom. The Labute approximate surface area is 89.4 Å². The molecule has 0 spiro atoms. The first-order valence-corrected chi connectivity index (χ1v) is 4.56.